The summed E-state index contributed by atoms with van der Waals surface area (Å²) in [6, 6.07) is 25.0. The first kappa shape index (κ1) is 25.5. The zero-order chi connectivity index (χ0) is 25.3. The first-order chi connectivity index (χ1) is 17.5. The summed E-state index contributed by atoms with van der Waals surface area (Å²) in [5.41, 5.74) is 2.88. The van der Waals surface area contributed by atoms with Crippen LogP contribution in [0.1, 0.15) is 28.7 Å². The second-order valence-electron chi connectivity index (χ2n) is 7.77. The van der Waals surface area contributed by atoms with Gasteiger partial charge in [-0.1, -0.05) is 59.8 Å². The Kier molecular flexibility index (Phi) is 8.80. The van der Waals surface area contributed by atoms with Crippen LogP contribution in [0.3, 0.4) is 0 Å². The number of ether oxygens (including phenoxy) is 1. The molecule has 0 unspecified atom stereocenters. The number of carbonyl (C=O) groups is 2. The molecule has 0 atom stereocenters. The van der Waals surface area contributed by atoms with Crippen LogP contribution >= 0.6 is 23.5 Å². The Labute approximate surface area is 218 Å². The van der Waals surface area contributed by atoms with Gasteiger partial charge >= 0.3 is 5.97 Å². The fourth-order valence-electron chi connectivity index (χ4n) is 3.40. The van der Waals surface area contributed by atoms with Gasteiger partial charge in [-0.2, -0.15) is 0 Å². The smallest absolute Gasteiger partial charge is 0.340 e. The highest BCUT2D eigenvalue weighted by Crippen LogP contribution is 2.28. The van der Waals surface area contributed by atoms with E-state index in [4.69, 9.17) is 4.74 Å². The third-order valence-corrected chi connectivity index (χ3v) is 7.07. The molecule has 1 aromatic heterocycles. The van der Waals surface area contributed by atoms with E-state index < -0.39 is 5.97 Å². The normalized spacial score (nSPS) is 10.7. The van der Waals surface area contributed by atoms with Gasteiger partial charge in [-0.25, -0.2) is 4.79 Å². The highest BCUT2D eigenvalue weighted by Gasteiger charge is 2.18. The zero-order valence-electron chi connectivity index (χ0n) is 20.0. The van der Waals surface area contributed by atoms with E-state index in [0.717, 1.165) is 16.4 Å². The van der Waals surface area contributed by atoms with Gasteiger partial charge in [0.1, 0.15) is 5.82 Å². The molecule has 4 rings (SSSR count). The third-order valence-electron chi connectivity index (χ3n) is 5.13. The Hall–Kier alpha value is -3.56. The first-order valence-corrected chi connectivity index (χ1v) is 13.4. The number of para-hydroxylation sites is 2. The van der Waals surface area contributed by atoms with Gasteiger partial charge in [-0.15, -0.1) is 22.0 Å². The van der Waals surface area contributed by atoms with E-state index in [2.05, 4.69) is 46.7 Å². The Morgan fingerprint density at radius 1 is 0.917 bits per heavy atom. The number of hydrogen-bond acceptors (Lipinski definition) is 7. The average molecular weight is 519 g/mol. The summed E-state index contributed by atoms with van der Waals surface area (Å²) in [7, 11) is 0. The van der Waals surface area contributed by atoms with Crippen LogP contribution in [0.4, 0.5) is 5.69 Å². The number of esters is 1. The van der Waals surface area contributed by atoms with Crippen molar-refractivity contribution in [3.05, 3.63) is 95.8 Å². The molecule has 0 bridgehead atoms. The third kappa shape index (κ3) is 6.56. The van der Waals surface area contributed by atoms with Crippen molar-refractivity contribution in [2.75, 3.05) is 17.7 Å². The molecule has 1 heterocycles. The van der Waals surface area contributed by atoms with Gasteiger partial charge in [0.25, 0.3) is 0 Å². The summed E-state index contributed by atoms with van der Waals surface area (Å²) in [4.78, 5) is 26.1. The summed E-state index contributed by atoms with van der Waals surface area (Å²) in [6.07, 6.45) is 0. The summed E-state index contributed by atoms with van der Waals surface area (Å²) >= 11 is 2.97. The van der Waals surface area contributed by atoms with E-state index >= 15 is 0 Å². The molecule has 0 saturated carbocycles. The van der Waals surface area contributed by atoms with E-state index in [0.29, 0.717) is 22.2 Å². The van der Waals surface area contributed by atoms with E-state index in [1.807, 2.05) is 34.9 Å². The number of nitrogens with one attached hydrogen (secondary N) is 1. The predicted octanol–water partition coefficient (Wildman–Crippen LogP) is 5.78. The van der Waals surface area contributed by atoms with Crippen molar-refractivity contribution >= 4 is 41.1 Å². The van der Waals surface area contributed by atoms with Crippen molar-refractivity contribution in [3.8, 4) is 5.69 Å². The molecule has 184 valence electrons. The second-order valence-corrected chi connectivity index (χ2v) is 9.77. The minimum Gasteiger partial charge on any atom is -0.462 e. The molecule has 0 aliphatic heterocycles. The summed E-state index contributed by atoms with van der Waals surface area (Å²) < 4.78 is 7.07. The number of nitrogens with zero attached hydrogens (tertiary/aromatic N) is 3. The molecule has 0 saturated heterocycles. The van der Waals surface area contributed by atoms with Gasteiger partial charge in [0, 0.05) is 10.6 Å². The molecule has 1 N–H and O–H groups in total. The molecule has 36 heavy (non-hydrogen) atoms. The van der Waals surface area contributed by atoms with E-state index in [-0.39, 0.29) is 18.3 Å². The SMILES string of the molecule is CCOC(=O)c1ccccc1NC(=O)CSc1nnc(CSc2ccc(C)cc2)n1-c1ccccc1. The van der Waals surface area contributed by atoms with Gasteiger partial charge in [0.05, 0.1) is 29.4 Å². The molecule has 3 aromatic carbocycles. The molecule has 4 aromatic rings. The molecule has 9 heteroatoms. The van der Waals surface area contributed by atoms with Crippen molar-refractivity contribution in [2.24, 2.45) is 0 Å². The Balaban J connectivity index is 1.48. The van der Waals surface area contributed by atoms with Crippen molar-refractivity contribution in [1.82, 2.24) is 14.8 Å². The molecular weight excluding hydrogens is 492 g/mol. The van der Waals surface area contributed by atoms with Gasteiger partial charge in [-0.3, -0.25) is 9.36 Å². The lowest BCUT2D eigenvalue weighted by Crippen LogP contribution is -2.17. The fraction of sp³-hybridized carbons (Fsp3) is 0.185. The molecular formula is C27H26N4O3S2. The number of rotatable bonds is 10. The second kappa shape index (κ2) is 12.4. The fourth-order valence-corrected chi connectivity index (χ4v) is 4.98. The van der Waals surface area contributed by atoms with Crippen molar-refractivity contribution in [3.63, 3.8) is 0 Å². The first-order valence-electron chi connectivity index (χ1n) is 11.4. The predicted molar refractivity (Wildman–Crippen MR) is 144 cm³/mol. The van der Waals surface area contributed by atoms with E-state index in [1.54, 1.807) is 43.0 Å². The number of anilines is 1. The molecule has 0 radical (unpaired) electrons. The maximum atomic E-state index is 12.8. The summed E-state index contributed by atoms with van der Waals surface area (Å²) in [5, 5.41) is 12.2. The van der Waals surface area contributed by atoms with Gasteiger partial charge in [0.2, 0.25) is 5.91 Å². The lowest BCUT2D eigenvalue weighted by Gasteiger charge is -2.11. The van der Waals surface area contributed by atoms with Crippen LogP contribution in [0.15, 0.2) is 88.9 Å². The number of aromatic nitrogens is 3. The van der Waals surface area contributed by atoms with Crippen molar-refractivity contribution in [1.29, 1.82) is 0 Å². The Bertz CT molecular complexity index is 1320. The van der Waals surface area contributed by atoms with Crippen molar-refractivity contribution < 1.29 is 14.3 Å². The topological polar surface area (TPSA) is 86.1 Å². The average Bonchev–Trinajstić information content (AvgIpc) is 3.31. The quantitative estimate of drug-likeness (QED) is 0.210. The molecule has 0 aliphatic carbocycles. The molecule has 0 fully saturated rings. The Morgan fingerprint density at radius 3 is 2.39 bits per heavy atom. The molecule has 0 aliphatic rings. The number of benzene rings is 3. The number of amides is 1. The number of thioether (sulfide) groups is 2. The summed E-state index contributed by atoms with van der Waals surface area (Å²) in [6.45, 7) is 4.07. The lowest BCUT2D eigenvalue weighted by molar-refractivity contribution is -0.113. The highest BCUT2D eigenvalue weighted by atomic mass is 32.2. The number of hydrogen-bond donors (Lipinski definition) is 1. The minimum atomic E-state index is -0.472. The maximum absolute atomic E-state index is 12.8. The van der Waals surface area contributed by atoms with Gasteiger partial charge in [-0.05, 0) is 50.2 Å². The van der Waals surface area contributed by atoms with E-state index in [1.165, 1.54) is 17.3 Å². The Morgan fingerprint density at radius 2 is 1.64 bits per heavy atom. The minimum absolute atomic E-state index is 0.104. The van der Waals surface area contributed by atoms with Crippen LogP contribution in [0.25, 0.3) is 5.69 Å². The summed E-state index contributed by atoms with van der Waals surface area (Å²) in [5.74, 6) is 0.801. The van der Waals surface area contributed by atoms with E-state index in [9.17, 15) is 9.59 Å². The monoisotopic (exact) mass is 518 g/mol. The van der Waals surface area contributed by atoms with Crippen LogP contribution in [0, 0.1) is 6.92 Å². The van der Waals surface area contributed by atoms with Crippen molar-refractivity contribution in [2.45, 2.75) is 29.7 Å². The largest absolute Gasteiger partial charge is 0.462 e. The maximum Gasteiger partial charge on any atom is 0.340 e. The van der Waals surface area contributed by atoms with Crippen LogP contribution < -0.4 is 5.32 Å². The number of aryl methyl sites for hydroxylation is 1. The zero-order valence-corrected chi connectivity index (χ0v) is 21.6. The molecule has 0 spiro atoms. The molecule has 7 nitrogen and oxygen atoms in total. The van der Waals surface area contributed by atoms with Crippen LogP contribution in [0.5, 0.6) is 0 Å². The lowest BCUT2D eigenvalue weighted by atomic mass is 10.2. The highest BCUT2D eigenvalue weighted by molar-refractivity contribution is 7.99. The standard InChI is InChI=1S/C27H26N4O3S2/c1-3-34-26(33)22-11-7-8-12-23(22)28-25(32)18-36-27-30-29-24(31(27)20-9-5-4-6-10-20)17-35-21-15-13-19(2)14-16-21/h4-16H,3,17-18H2,1-2H3,(H,28,32). The van der Waals surface area contributed by atoms with Gasteiger partial charge in [0.15, 0.2) is 5.16 Å². The van der Waals surface area contributed by atoms with Gasteiger partial charge < -0.3 is 10.1 Å². The molecule has 1 amide bonds. The van der Waals surface area contributed by atoms with Crippen LogP contribution in [0.2, 0.25) is 0 Å². The number of carbonyl (C=O) groups excluding carboxylic acids is 2. The van der Waals surface area contributed by atoms with Crippen LogP contribution in [-0.2, 0) is 15.3 Å². The van der Waals surface area contributed by atoms with Crippen LogP contribution in [-0.4, -0.2) is 39.0 Å².